The van der Waals surface area contributed by atoms with Crippen LogP contribution in [0.5, 0.6) is 0 Å². The van der Waals surface area contributed by atoms with Gasteiger partial charge in [-0.15, -0.1) is 0 Å². The summed E-state index contributed by atoms with van der Waals surface area (Å²) in [5, 5.41) is 2.64. The van der Waals surface area contributed by atoms with Gasteiger partial charge in [0.1, 0.15) is 4.99 Å². The Hall–Kier alpha value is -1.51. The van der Waals surface area contributed by atoms with Crippen molar-refractivity contribution in [2.45, 2.75) is 30.7 Å². The molecule has 0 radical (unpaired) electrons. The highest BCUT2D eigenvalue weighted by Crippen LogP contribution is 2.18. The van der Waals surface area contributed by atoms with E-state index >= 15 is 0 Å². The van der Waals surface area contributed by atoms with E-state index in [1.165, 1.54) is 6.07 Å². The van der Waals surface area contributed by atoms with Gasteiger partial charge in [0.15, 0.2) is 0 Å². The molecule has 1 aliphatic heterocycles. The molecule has 114 valence electrons. The van der Waals surface area contributed by atoms with Crippen molar-refractivity contribution >= 4 is 33.1 Å². The van der Waals surface area contributed by atoms with Gasteiger partial charge in [-0.1, -0.05) is 24.4 Å². The highest BCUT2D eigenvalue weighted by Gasteiger charge is 2.25. The second-order valence-corrected chi connectivity index (χ2v) is 7.13. The average molecular weight is 327 g/mol. The first-order valence-electron chi connectivity index (χ1n) is 6.49. The summed E-state index contributed by atoms with van der Waals surface area (Å²) in [5.41, 5.74) is 6.66. The molecule has 0 aliphatic carbocycles. The minimum absolute atomic E-state index is 0.0582. The van der Waals surface area contributed by atoms with Crippen molar-refractivity contribution in [3.63, 3.8) is 0 Å². The minimum Gasteiger partial charge on any atom is -0.389 e. The van der Waals surface area contributed by atoms with Gasteiger partial charge in [0, 0.05) is 24.6 Å². The van der Waals surface area contributed by atoms with Gasteiger partial charge in [0.05, 0.1) is 4.90 Å². The van der Waals surface area contributed by atoms with E-state index in [-0.39, 0.29) is 21.8 Å². The second kappa shape index (κ2) is 6.08. The molecule has 1 aromatic carbocycles. The number of amides is 1. The lowest BCUT2D eigenvalue weighted by molar-refractivity contribution is -0.122. The van der Waals surface area contributed by atoms with Crippen LogP contribution in [0.3, 0.4) is 0 Å². The van der Waals surface area contributed by atoms with E-state index in [1.54, 1.807) is 19.1 Å². The molecule has 1 saturated heterocycles. The summed E-state index contributed by atoms with van der Waals surface area (Å²) < 4.78 is 27.6. The molecule has 1 amide bonds. The van der Waals surface area contributed by atoms with Crippen LogP contribution in [0.4, 0.5) is 0 Å². The fourth-order valence-electron chi connectivity index (χ4n) is 2.16. The molecule has 1 unspecified atom stereocenters. The number of rotatable bonds is 4. The lowest BCUT2D eigenvalue weighted by Crippen LogP contribution is -2.47. The molecule has 21 heavy (non-hydrogen) atoms. The van der Waals surface area contributed by atoms with E-state index < -0.39 is 10.0 Å². The van der Waals surface area contributed by atoms with Crippen LogP contribution in [-0.2, 0) is 14.8 Å². The van der Waals surface area contributed by atoms with Gasteiger partial charge in [0.2, 0.25) is 15.9 Å². The molecular weight excluding hydrogens is 310 g/mol. The Labute approximate surface area is 129 Å². The van der Waals surface area contributed by atoms with Gasteiger partial charge in [-0.2, -0.15) is 0 Å². The van der Waals surface area contributed by atoms with Gasteiger partial charge in [0.25, 0.3) is 0 Å². The second-order valence-electron chi connectivity index (χ2n) is 5.01. The molecular formula is C13H17N3O3S2. The summed E-state index contributed by atoms with van der Waals surface area (Å²) >= 11 is 4.88. The summed E-state index contributed by atoms with van der Waals surface area (Å²) in [7, 11) is -3.68. The lowest BCUT2D eigenvalue weighted by atomic mass is 10.1. The molecule has 2 rings (SSSR count). The van der Waals surface area contributed by atoms with E-state index in [9.17, 15) is 13.2 Å². The van der Waals surface area contributed by atoms with Gasteiger partial charge in [-0.25, -0.2) is 13.1 Å². The van der Waals surface area contributed by atoms with E-state index in [0.717, 1.165) is 0 Å². The van der Waals surface area contributed by atoms with E-state index in [4.69, 9.17) is 18.0 Å². The van der Waals surface area contributed by atoms with Gasteiger partial charge < -0.3 is 11.1 Å². The van der Waals surface area contributed by atoms with Crippen LogP contribution in [0.25, 0.3) is 0 Å². The highest BCUT2D eigenvalue weighted by atomic mass is 32.2. The first kappa shape index (κ1) is 15.9. The zero-order valence-electron chi connectivity index (χ0n) is 11.5. The van der Waals surface area contributed by atoms with Crippen molar-refractivity contribution in [2.24, 2.45) is 5.73 Å². The molecule has 8 heteroatoms. The Bertz CT molecular complexity index is 676. The summed E-state index contributed by atoms with van der Waals surface area (Å²) in [6.07, 6.45) is 0.804. The topological polar surface area (TPSA) is 101 Å². The highest BCUT2D eigenvalue weighted by molar-refractivity contribution is 7.89. The molecule has 1 fully saturated rings. The van der Waals surface area contributed by atoms with Crippen LogP contribution in [0.1, 0.15) is 24.0 Å². The normalized spacial score (nSPS) is 19.1. The number of hydrogen-bond acceptors (Lipinski definition) is 4. The average Bonchev–Trinajstić information content (AvgIpc) is 2.41. The molecule has 4 N–H and O–H groups in total. The number of nitrogens with one attached hydrogen (secondary N) is 2. The fraction of sp³-hybridized carbons (Fsp3) is 0.385. The smallest absolute Gasteiger partial charge is 0.241 e. The molecule has 1 heterocycles. The molecule has 1 atom stereocenters. The van der Waals surface area contributed by atoms with Crippen molar-refractivity contribution < 1.29 is 13.2 Å². The maximum atomic E-state index is 12.5. The number of nitrogens with two attached hydrogens (primary N) is 1. The summed E-state index contributed by atoms with van der Waals surface area (Å²) in [5.74, 6) is -0.0582. The Balaban J connectivity index is 2.25. The SMILES string of the molecule is Cc1ccc(C(N)=S)cc1S(=O)(=O)NC1CCC(=O)NC1. The number of carbonyl (C=O) groups is 1. The zero-order valence-corrected chi connectivity index (χ0v) is 13.2. The van der Waals surface area contributed by atoms with Gasteiger partial charge in [-0.3, -0.25) is 4.79 Å². The fourth-order valence-corrected chi connectivity index (χ4v) is 3.83. The third-order valence-corrected chi connectivity index (χ3v) is 5.25. The van der Waals surface area contributed by atoms with Crippen LogP contribution < -0.4 is 15.8 Å². The summed E-state index contributed by atoms with van der Waals surface area (Å²) in [6, 6.07) is 4.53. The Kier molecular flexibility index (Phi) is 4.60. The maximum absolute atomic E-state index is 12.5. The van der Waals surface area contributed by atoms with Gasteiger partial charge in [-0.05, 0) is 25.0 Å². The van der Waals surface area contributed by atoms with Crippen molar-refractivity contribution in [2.75, 3.05) is 6.54 Å². The Morgan fingerprint density at radius 2 is 2.19 bits per heavy atom. The molecule has 6 nitrogen and oxygen atoms in total. The van der Waals surface area contributed by atoms with Crippen molar-refractivity contribution in [1.29, 1.82) is 0 Å². The number of sulfonamides is 1. The maximum Gasteiger partial charge on any atom is 0.241 e. The zero-order chi connectivity index (χ0) is 15.6. The number of benzene rings is 1. The third-order valence-electron chi connectivity index (χ3n) is 3.35. The standard InChI is InChI=1S/C13H17N3O3S2/c1-8-2-3-9(13(14)20)6-11(8)21(18,19)16-10-4-5-12(17)15-7-10/h2-3,6,10,16H,4-5,7H2,1H3,(H2,14,20)(H,15,17). The predicted octanol–water partition coefficient (Wildman–Crippen LogP) is 0.186. The van der Waals surface area contributed by atoms with Crippen LogP contribution >= 0.6 is 12.2 Å². The minimum atomic E-state index is -3.68. The first-order valence-corrected chi connectivity index (χ1v) is 8.38. The van der Waals surface area contributed by atoms with Crippen LogP contribution in [0.15, 0.2) is 23.1 Å². The van der Waals surface area contributed by atoms with E-state index in [0.29, 0.717) is 30.5 Å². The van der Waals surface area contributed by atoms with Gasteiger partial charge >= 0.3 is 0 Å². The van der Waals surface area contributed by atoms with Crippen molar-refractivity contribution in [3.8, 4) is 0 Å². The molecule has 0 bridgehead atoms. The summed E-state index contributed by atoms with van der Waals surface area (Å²) in [6.45, 7) is 2.01. The predicted molar refractivity (Wildman–Crippen MR) is 83.4 cm³/mol. The lowest BCUT2D eigenvalue weighted by Gasteiger charge is -2.23. The number of carbonyl (C=O) groups excluding carboxylic acids is 1. The Morgan fingerprint density at radius 1 is 1.48 bits per heavy atom. The molecule has 0 spiro atoms. The third kappa shape index (κ3) is 3.78. The number of piperidine rings is 1. The van der Waals surface area contributed by atoms with Crippen LogP contribution in [0.2, 0.25) is 0 Å². The molecule has 0 saturated carbocycles. The molecule has 1 aliphatic rings. The van der Waals surface area contributed by atoms with Crippen molar-refractivity contribution in [3.05, 3.63) is 29.3 Å². The monoisotopic (exact) mass is 327 g/mol. The van der Waals surface area contributed by atoms with E-state index in [2.05, 4.69) is 10.0 Å². The number of thiocarbonyl (C=S) groups is 1. The number of aryl methyl sites for hydroxylation is 1. The quantitative estimate of drug-likeness (QED) is 0.685. The van der Waals surface area contributed by atoms with Crippen molar-refractivity contribution in [1.82, 2.24) is 10.0 Å². The van der Waals surface area contributed by atoms with Crippen LogP contribution in [-0.4, -0.2) is 31.9 Å². The number of hydrogen-bond donors (Lipinski definition) is 3. The molecule has 1 aromatic rings. The molecule has 0 aromatic heterocycles. The Morgan fingerprint density at radius 3 is 2.76 bits per heavy atom. The largest absolute Gasteiger partial charge is 0.389 e. The summed E-state index contributed by atoms with van der Waals surface area (Å²) in [4.78, 5) is 11.4. The first-order chi connectivity index (χ1) is 9.79. The van der Waals surface area contributed by atoms with E-state index in [1.807, 2.05) is 0 Å². The van der Waals surface area contributed by atoms with Crippen LogP contribution in [0, 0.1) is 6.92 Å².